The van der Waals surface area contributed by atoms with Crippen LogP contribution in [0.3, 0.4) is 0 Å². The fourth-order valence-corrected chi connectivity index (χ4v) is 2.91. The largest absolute Gasteiger partial charge is 0.365 e. The van der Waals surface area contributed by atoms with Crippen LogP contribution in [0.15, 0.2) is 29.2 Å². The van der Waals surface area contributed by atoms with Crippen LogP contribution in [0.2, 0.25) is 0 Å². The predicted octanol–water partition coefficient (Wildman–Crippen LogP) is 0.522. The molecule has 1 heterocycles. The molecule has 0 unspecified atom stereocenters. The highest BCUT2D eigenvalue weighted by Crippen LogP contribution is 2.26. The number of nitrogens with zero attached hydrogens (tertiary/aromatic N) is 1. The third kappa shape index (κ3) is 2.66. The van der Waals surface area contributed by atoms with Gasteiger partial charge in [-0.15, -0.1) is 0 Å². The Morgan fingerprint density at radius 1 is 1.39 bits per heavy atom. The molecule has 3 N–H and O–H groups in total. The topological polar surface area (TPSA) is 75.4 Å². The number of rotatable bonds is 5. The molecule has 0 atom stereocenters. The molecule has 1 aliphatic rings. The van der Waals surface area contributed by atoms with Gasteiger partial charge in [0.25, 0.3) is 0 Å². The molecule has 0 radical (unpaired) electrons. The van der Waals surface area contributed by atoms with E-state index in [4.69, 9.17) is 5.14 Å². The third-order valence-electron chi connectivity index (χ3n) is 3.15. The summed E-state index contributed by atoms with van der Waals surface area (Å²) in [5, 5.41) is 8.49. The van der Waals surface area contributed by atoms with E-state index in [1.165, 1.54) is 0 Å². The van der Waals surface area contributed by atoms with Crippen LogP contribution in [0, 0.1) is 0 Å². The van der Waals surface area contributed by atoms with E-state index in [1.54, 1.807) is 12.1 Å². The molecule has 1 fully saturated rings. The quantitative estimate of drug-likeness (QED) is 0.817. The molecular formula is C12H19N3O2S. The maximum atomic E-state index is 11.6. The van der Waals surface area contributed by atoms with E-state index in [2.05, 4.69) is 17.1 Å². The Labute approximate surface area is 108 Å². The van der Waals surface area contributed by atoms with Gasteiger partial charge in [0.15, 0.2) is 0 Å². The molecule has 1 aromatic rings. The van der Waals surface area contributed by atoms with Gasteiger partial charge in [0, 0.05) is 19.6 Å². The van der Waals surface area contributed by atoms with Gasteiger partial charge >= 0.3 is 0 Å². The number of nitrogens with one attached hydrogen (secondary N) is 1. The molecule has 6 heteroatoms. The number of para-hydroxylation sites is 1. The number of benzene rings is 1. The molecule has 5 nitrogen and oxygen atoms in total. The highest BCUT2D eigenvalue weighted by atomic mass is 32.2. The van der Waals surface area contributed by atoms with Crippen molar-refractivity contribution in [3.05, 3.63) is 24.3 Å². The molecule has 100 valence electrons. The van der Waals surface area contributed by atoms with Crippen LogP contribution in [0.5, 0.6) is 0 Å². The molecule has 0 aromatic heterocycles. The number of hydrogen-bond donors (Lipinski definition) is 2. The number of anilines is 1. The number of nitrogens with two attached hydrogens (primary N) is 1. The summed E-state index contributed by atoms with van der Waals surface area (Å²) < 4.78 is 23.3. The Morgan fingerprint density at radius 2 is 2.06 bits per heavy atom. The van der Waals surface area contributed by atoms with Crippen LogP contribution in [-0.2, 0) is 10.0 Å². The minimum atomic E-state index is -3.68. The molecule has 18 heavy (non-hydrogen) atoms. The Balaban J connectivity index is 2.40. The van der Waals surface area contributed by atoms with Crippen molar-refractivity contribution in [2.45, 2.75) is 24.3 Å². The summed E-state index contributed by atoms with van der Waals surface area (Å²) in [5.74, 6) is 0. The molecule has 1 saturated heterocycles. The molecule has 2 rings (SSSR count). The van der Waals surface area contributed by atoms with Crippen molar-refractivity contribution >= 4 is 15.7 Å². The molecule has 1 aromatic carbocycles. The van der Waals surface area contributed by atoms with Crippen LogP contribution >= 0.6 is 0 Å². The zero-order chi connectivity index (χ0) is 13.2. The van der Waals surface area contributed by atoms with Gasteiger partial charge in [0.2, 0.25) is 10.0 Å². The summed E-state index contributed by atoms with van der Waals surface area (Å²) in [6.45, 7) is 4.69. The summed E-state index contributed by atoms with van der Waals surface area (Å²) in [7, 11) is -3.68. The molecule has 0 bridgehead atoms. The molecular weight excluding hydrogens is 250 g/mol. The Kier molecular flexibility index (Phi) is 3.89. The van der Waals surface area contributed by atoms with E-state index >= 15 is 0 Å². The highest BCUT2D eigenvalue weighted by Gasteiger charge is 2.27. The third-order valence-corrected chi connectivity index (χ3v) is 4.10. The fourth-order valence-electron chi connectivity index (χ4n) is 2.17. The van der Waals surface area contributed by atoms with Crippen LogP contribution < -0.4 is 15.4 Å². The van der Waals surface area contributed by atoms with Crippen molar-refractivity contribution in [3.8, 4) is 0 Å². The summed E-state index contributed by atoms with van der Waals surface area (Å²) in [6.07, 6.45) is 0.968. The summed E-state index contributed by atoms with van der Waals surface area (Å²) >= 11 is 0. The van der Waals surface area contributed by atoms with Crippen LogP contribution in [0.4, 0.5) is 5.69 Å². The zero-order valence-electron chi connectivity index (χ0n) is 10.5. The van der Waals surface area contributed by atoms with Gasteiger partial charge in [-0.25, -0.2) is 13.6 Å². The molecule has 0 aliphatic carbocycles. The molecule has 0 spiro atoms. The van der Waals surface area contributed by atoms with E-state index in [1.807, 2.05) is 12.1 Å². The SMILES string of the molecule is CCCN(c1ccccc1S(N)(=O)=O)C1CNC1. The van der Waals surface area contributed by atoms with Gasteiger partial charge in [-0.3, -0.25) is 0 Å². The summed E-state index contributed by atoms with van der Waals surface area (Å²) in [5.41, 5.74) is 0.716. The second kappa shape index (κ2) is 5.26. The normalized spacial score (nSPS) is 16.3. The molecule has 1 aliphatic heterocycles. The van der Waals surface area contributed by atoms with Gasteiger partial charge in [-0.2, -0.15) is 0 Å². The Morgan fingerprint density at radius 3 is 2.56 bits per heavy atom. The number of hydrogen-bond acceptors (Lipinski definition) is 4. The van der Waals surface area contributed by atoms with Gasteiger partial charge in [-0.05, 0) is 18.6 Å². The van der Waals surface area contributed by atoms with Crippen LogP contribution in [0.25, 0.3) is 0 Å². The first kappa shape index (κ1) is 13.3. The lowest BCUT2D eigenvalue weighted by Crippen LogP contribution is -2.57. The monoisotopic (exact) mass is 269 g/mol. The average molecular weight is 269 g/mol. The minimum Gasteiger partial charge on any atom is -0.365 e. The zero-order valence-corrected chi connectivity index (χ0v) is 11.3. The second-order valence-corrected chi connectivity index (χ2v) is 6.05. The molecule has 0 saturated carbocycles. The number of sulfonamides is 1. The van der Waals surface area contributed by atoms with E-state index < -0.39 is 10.0 Å². The van der Waals surface area contributed by atoms with Crippen molar-refractivity contribution in [1.29, 1.82) is 0 Å². The van der Waals surface area contributed by atoms with Crippen molar-refractivity contribution in [1.82, 2.24) is 5.32 Å². The van der Waals surface area contributed by atoms with Gasteiger partial charge in [0.05, 0.1) is 11.7 Å². The maximum absolute atomic E-state index is 11.6. The smallest absolute Gasteiger partial charge is 0.240 e. The first-order valence-electron chi connectivity index (χ1n) is 6.13. The first-order chi connectivity index (χ1) is 8.54. The van der Waals surface area contributed by atoms with E-state index in [9.17, 15) is 8.42 Å². The lowest BCUT2D eigenvalue weighted by Gasteiger charge is -2.40. The van der Waals surface area contributed by atoms with Crippen molar-refractivity contribution < 1.29 is 8.42 Å². The number of primary sulfonamides is 1. The van der Waals surface area contributed by atoms with Crippen molar-refractivity contribution in [3.63, 3.8) is 0 Å². The fraction of sp³-hybridized carbons (Fsp3) is 0.500. The van der Waals surface area contributed by atoms with E-state index in [-0.39, 0.29) is 4.90 Å². The first-order valence-corrected chi connectivity index (χ1v) is 7.68. The molecule has 0 amide bonds. The highest BCUT2D eigenvalue weighted by molar-refractivity contribution is 7.89. The van der Waals surface area contributed by atoms with E-state index in [0.29, 0.717) is 11.7 Å². The van der Waals surface area contributed by atoms with Crippen molar-refractivity contribution in [2.24, 2.45) is 5.14 Å². The minimum absolute atomic E-state index is 0.213. The Bertz CT molecular complexity index is 512. The summed E-state index contributed by atoms with van der Waals surface area (Å²) in [6, 6.07) is 7.30. The van der Waals surface area contributed by atoms with Gasteiger partial charge in [0.1, 0.15) is 4.90 Å². The lowest BCUT2D eigenvalue weighted by atomic mass is 10.1. The average Bonchev–Trinajstić information content (AvgIpc) is 2.25. The Hall–Kier alpha value is -1.11. The van der Waals surface area contributed by atoms with Crippen molar-refractivity contribution in [2.75, 3.05) is 24.5 Å². The standard InChI is InChI=1S/C12H19N3O2S/c1-2-7-15(10-8-14-9-10)11-5-3-4-6-12(11)18(13,16)17/h3-6,10,14H,2,7-9H2,1H3,(H2,13,16,17). The second-order valence-electron chi connectivity index (χ2n) is 4.52. The summed E-state index contributed by atoms with van der Waals surface area (Å²) in [4.78, 5) is 2.35. The predicted molar refractivity (Wildman–Crippen MR) is 72.1 cm³/mol. The van der Waals surface area contributed by atoms with E-state index in [0.717, 1.165) is 26.1 Å². The van der Waals surface area contributed by atoms with Crippen LogP contribution in [-0.4, -0.2) is 34.1 Å². The van der Waals surface area contributed by atoms with Crippen LogP contribution in [0.1, 0.15) is 13.3 Å². The van der Waals surface area contributed by atoms with Gasteiger partial charge < -0.3 is 10.2 Å². The maximum Gasteiger partial charge on any atom is 0.240 e. The lowest BCUT2D eigenvalue weighted by molar-refractivity contribution is 0.411. The van der Waals surface area contributed by atoms with Gasteiger partial charge in [-0.1, -0.05) is 19.1 Å².